The first-order valence-electron chi connectivity index (χ1n) is 10.1. The van der Waals surface area contributed by atoms with Crippen molar-refractivity contribution in [1.29, 1.82) is 0 Å². The summed E-state index contributed by atoms with van der Waals surface area (Å²) in [6.07, 6.45) is 4.79. The van der Waals surface area contributed by atoms with Gasteiger partial charge in [0.05, 0.1) is 11.2 Å². The van der Waals surface area contributed by atoms with Gasteiger partial charge in [0.25, 0.3) is 0 Å². The first-order valence-corrected chi connectivity index (χ1v) is 10.1. The fraction of sp³-hybridized carbons (Fsp3) is 0.524. The Morgan fingerprint density at radius 1 is 1.22 bits per heavy atom. The monoisotopic (exact) mass is 364 g/mol. The fourth-order valence-corrected chi connectivity index (χ4v) is 4.82. The lowest BCUT2D eigenvalue weighted by molar-refractivity contribution is 0.0726. The number of nitrogens with zero attached hydrogens (tertiary/aromatic N) is 4. The summed E-state index contributed by atoms with van der Waals surface area (Å²) >= 11 is 0. The largest absolute Gasteiger partial charge is 0.364 e. The van der Waals surface area contributed by atoms with Crippen molar-refractivity contribution in [3.8, 4) is 0 Å². The lowest BCUT2D eigenvalue weighted by Gasteiger charge is -2.45. The van der Waals surface area contributed by atoms with Gasteiger partial charge in [0.15, 0.2) is 5.82 Å². The number of pyridine rings is 1. The molecule has 27 heavy (non-hydrogen) atoms. The number of aryl methyl sites for hydroxylation is 1. The van der Waals surface area contributed by atoms with Crippen LogP contribution in [-0.2, 0) is 0 Å². The van der Waals surface area contributed by atoms with Crippen molar-refractivity contribution in [3.05, 3.63) is 36.2 Å². The Kier molecular flexibility index (Phi) is 4.25. The highest BCUT2D eigenvalue weighted by Gasteiger charge is 2.33. The molecule has 3 aromatic rings. The maximum Gasteiger partial charge on any atom is 0.158 e. The third-order valence-corrected chi connectivity index (χ3v) is 6.30. The molecule has 6 rings (SSSR count). The smallest absolute Gasteiger partial charge is 0.158 e. The molecule has 6 nitrogen and oxygen atoms in total. The molecule has 0 saturated carbocycles. The van der Waals surface area contributed by atoms with Crippen LogP contribution in [0.2, 0.25) is 0 Å². The molecule has 6 heterocycles. The van der Waals surface area contributed by atoms with Crippen LogP contribution >= 0.6 is 0 Å². The van der Waals surface area contributed by atoms with Crippen molar-refractivity contribution in [1.82, 2.24) is 24.8 Å². The Morgan fingerprint density at radius 2 is 2.07 bits per heavy atom. The molecule has 2 N–H and O–H groups in total. The minimum Gasteiger partial charge on any atom is -0.364 e. The zero-order valence-corrected chi connectivity index (χ0v) is 16.2. The lowest BCUT2D eigenvalue weighted by Crippen LogP contribution is -2.57. The van der Waals surface area contributed by atoms with Crippen LogP contribution in [0.15, 0.2) is 30.5 Å². The summed E-state index contributed by atoms with van der Waals surface area (Å²) in [5, 5.41) is 17.4. The van der Waals surface area contributed by atoms with Gasteiger partial charge in [0.1, 0.15) is 0 Å². The van der Waals surface area contributed by atoms with Crippen molar-refractivity contribution in [2.45, 2.75) is 38.8 Å². The summed E-state index contributed by atoms with van der Waals surface area (Å²) in [6, 6.07) is 9.38. The number of piperidine rings is 3. The van der Waals surface area contributed by atoms with Gasteiger partial charge in [-0.3, -0.25) is 0 Å². The predicted molar refractivity (Wildman–Crippen MR) is 109 cm³/mol. The molecule has 142 valence electrons. The summed E-state index contributed by atoms with van der Waals surface area (Å²) in [6.45, 7) is 8.97. The van der Waals surface area contributed by atoms with E-state index in [1.807, 2.05) is 6.92 Å². The van der Waals surface area contributed by atoms with Gasteiger partial charge in [0.2, 0.25) is 0 Å². The topological polar surface area (TPSA) is 57.5 Å². The molecule has 3 fully saturated rings. The van der Waals surface area contributed by atoms with E-state index >= 15 is 0 Å². The van der Waals surface area contributed by atoms with Gasteiger partial charge in [-0.1, -0.05) is 6.07 Å². The van der Waals surface area contributed by atoms with Crippen LogP contribution in [0.4, 0.5) is 5.82 Å². The number of hydrogen-bond acceptors (Lipinski definition) is 5. The maximum atomic E-state index is 4.46. The quantitative estimate of drug-likeness (QED) is 0.729. The second-order valence-electron chi connectivity index (χ2n) is 8.23. The van der Waals surface area contributed by atoms with Crippen LogP contribution < -0.4 is 10.6 Å². The number of hydrogen-bond donors (Lipinski definition) is 2. The molecule has 0 aromatic carbocycles. The average Bonchev–Trinajstić information content (AvgIpc) is 3.10. The van der Waals surface area contributed by atoms with E-state index in [4.69, 9.17) is 0 Å². The molecular weight excluding hydrogens is 336 g/mol. The minimum atomic E-state index is 0.295. The molecule has 3 saturated heterocycles. The Bertz CT molecular complexity index is 956. The second-order valence-corrected chi connectivity index (χ2v) is 8.23. The highest BCUT2D eigenvalue weighted by atomic mass is 15.2. The van der Waals surface area contributed by atoms with Gasteiger partial charge < -0.3 is 19.9 Å². The third-order valence-electron chi connectivity index (χ3n) is 6.30. The van der Waals surface area contributed by atoms with E-state index in [0.29, 0.717) is 12.1 Å². The lowest BCUT2D eigenvalue weighted by atomic mass is 9.84. The minimum absolute atomic E-state index is 0.295. The number of rotatable bonds is 5. The van der Waals surface area contributed by atoms with Crippen LogP contribution in [0.1, 0.15) is 25.5 Å². The van der Waals surface area contributed by atoms with Crippen LogP contribution in [0, 0.1) is 12.8 Å². The molecule has 0 amide bonds. The van der Waals surface area contributed by atoms with Crippen molar-refractivity contribution in [2.24, 2.45) is 5.92 Å². The summed E-state index contributed by atoms with van der Waals surface area (Å²) in [5.41, 5.74) is 3.27. The first kappa shape index (κ1) is 17.0. The van der Waals surface area contributed by atoms with Gasteiger partial charge in [-0.15, -0.1) is 5.10 Å². The van der Waals surface area contributed by atoms with Crippen molar-refractivity contribution in [2.75, 3.05) is 31.5 Å². The highest BCUT2D eigenvalue weighted by Crippen LogP contribution is 2.28. The molecule has 3 aliphatic rings. The van der Waals surface area contributed by atoms with Gasteiger partial charge in [-0.05, 0) is 63.9 Å². The molecule has 2 atom stereocenters. The van der Waals surface area contributed by atoms with Crippen molar-refractivity contribution < 1.29 is 0 Å². The number of aromatic nitrogens is 3. The Balaban J connectivity index is 1.33. The number of anilines is 1. The molecule has 0 radical (unpaired) electrons. The molecule has 0 spiro atoms. The molecule has 3 aromatic heterocycles. The Hall–Kier alpha value is -2.18. The first-order chi connectivity index (χ1) is 13.2. The highest BCUT2D eigenvalue weighted by molar-refractivity contribution is 5.96. The fourth-order valence-electron chi connectivity index (χ4n) is 4.82. The summed E-state index contributed by atoms with van der Waals surface area (Å²) in [5.74, 6) is 1.73. The van der Waals surface area contributed by atoms with E-state index < -0.39 is 0 Å². The third kappa shape index (κ3) is 3.07. The van der Waals surface area contributed by atoms with Crippen molar-refractivity contribution in [3.63, 3.8) is 0 Å². The van der Waals surface area contributed by atoms with Crippen LogP contribution in [-0.4, -0.2) is 57.8 Å². The van der Waals surface area contributed by atoms with Gasteiger partial charge in [0, 0.05) is 42.3 Å². The standard InChI is InChI=1S/C21H28N6/c1-14(12-22-19-13-26-9-6-16(19)7-10-26)23-21-18-11-17-5-3-4-8-27(17)20(18)15(2)24-25-21/h3-5,8,11,14,16,19,22H,6-7,9-10,12-13H2,1-2H3,(H,23,25). The second kappa shape index (κ2) is 6.77. The zero-order valence-electron chi connectivity index (χ0n) is 16.2. The average molecular weight is 364 g/mol. The Labute approximate surface area is 160 Å². The van der Waals surface area contributed by atoms with E-state index in [0.717, 1.165) is 34.9 Å². The van der Waals surface area contributed by atoms with Crippen LogP contribution in [0.25, 0.3) is 16.4 Å². The zero-order chi connectivity index (χ0) is 18.4. The molecule has 6 heteroatoms. The summed E-state index contributed by atoms with van der Waals surface area (Å²) in [4.78, 5) is 2.59. The van der Waals surface area contributed by atoms with E-state index in [1.165, 1.54) is 38.0 Å². The predicted octanol–water partition coefficient (Wildman–Crippen LogP) is 2.68. The summed E-state index contributed by atoms with van der Waals surface area (Å²) in [7, 11) is 0. The molecule has 3 aliphatic heterocycles. The summed E-state index contributed by atoms with van der Waals surface area (Å²) < 4.78 is 2.20. The van der Waals surface area contributed by atoms with Gasteiger partial charge in [-0.2, -0.15) is 5.10 Å². The SMILES string of the molecule is Cc1nnc(NC(C)CNC2CN3CCC2CC3)c2cc3ccccn3c12. The normalized spacial score (nSPS) is 25.9. The molecule has 2 unspecified atom stereocenters. The van der Waals surface area contributed by atoms with Crippen LogP contribution in [0.3, 0.4) is 0 Å². The molecular formula is C21H28N6. The van der Waals surface area contributed by atoms with Crippen molar-refractivity contribution >= 4 is 22.2 Å². The van der Waals surface area contributed by atoms with E-state index in [9.17, 15) is 0 Å². The van der Waals surface area contributed by atoms with E-state index in [1.54, 1.807) is 0 Å². The Morgan fingerprint density at radius 3 is 2.85 bits per heavy atom. The number of fused-ring (bicyclic) bond motifs is 6. The molecule has 0 aliphatic carbocycles. The van der Waals surface area contributed by atoms with Crippen LogP contribution in [0.5, 0.6) is 0 Å². The van der Waals surface area contributed by atoms with Gasteiger partial charge in [-0.25, -0.2) is 0 Å². The van der Waals surface area contributed by atoms with E-state index in [-0.39, 0.29) is 0 Å². The number of nitrogens with one attached hydrogen (secondary N) is 2. The maximum absolute atomic E-state index is 4.46. The van der Waals surface area contributed by atoms with E-state index in [2.05, 4.69) is 67.5 Å². The van der Waals surface area contributed by atoms with Gasteiger partial charge >= 0.3 is 0 Å². The molecule has 2 bridgehead atoms.